The van der Waals surface area contributed by atoms with E-state index in [0.29, 0.717) is 16.6 Å². The zero-order valence-corrected chi connectivity index (χ0v) is 13.6. The molecule has 1 aromatic carbocycles. The number of benzene rings is 1. The molecule has 1 fully saturated rings. The summed E-state index contributed by atoms with van der Waals surface area (Å²) in [4.78, 5) is 26.1. The molecule has 1 aliphatic heterocycles. The molecule has 116 valence electrons. The van der Waals surface area contributed by atoms with E-state index < -0.39 is 6.04 Å². The monoisotopic (exact) mass is 338 g/mol. The average molecular weight is 339 g/mol. The molecule has 6 heteroatoms. The minimum absolute atomic E-state index is 0.0651. The third kappa shape index (κ3) is 2.99. The van der Waals surface area contributed by atoms with Gasteiger partial charge in [0.1, 0.15) is 6.04 Å². The summed E-state index contributed by atoms with van der Waals surface area (Å²) < 4.78 is 0. The van der Waals surface area contributed by atoms with Gasteiger partial charge in [-0.2, -0.15) is 0 Å². The highest BCUT2D eigenvalue weighted by molar-refractivity contribution is 6.35. The van der Waals surface area contributed by atoms with E-state index in [1.165, 1.54) is 0 Å². The minimum atomic E-state index is -0.494. The normalized spacial score (nSPS) is 21.0. The molecule has 1 atom stereocenters. The van der Waals surface area contributed by atoms with Crippen LogP contribution < -0.4 is 5.32 Å². The van der Waals surface area contributed by atoms with Crippen molar-refractivity contribution >= 4 is 35.0 Å². The first kappa shape index (κ1) is 15.4. The van der Waals surface area contributed by atoms with Gasteiger partial charge in [0.2, 0.25) is 11.8 Å². The molecule has 0 spiro atoms. The molecule has 1 saturated carbocycles. The number of rotatable bonds is 4. The van der Waals surface area contributed by atoms with Crippen molar-refractivity contribution < 1.29 is 9.59 Å². The number of halogens is 2. The molecule has 1 aromatic rings. The summed E-state index contributed by atoms with van der Waals surface area (Å²) in [7, 11) is 0. The van der Waals surface area contributed by atoms with Crippen molar-refractivity contribution in [2.75, 3.05) is 0 Å². The van der Waals surface area contributed by atoms with Crippen molar-refractivity contribution in [3.05, 3.63) is 45.5 Å². The number of amides is 2. The van der Waals surface area contributed by atoms with Crippen molar-refractivity contribution in [3.63, 3.8) is 0 Å². The van der Waals surface area contributed by atoms with Gasteiger partial charge in [0, 0.05) is 28.7 Å². The molecule has 1 N–H and O–H groups in total. The smallest absolute Gasteiger partial charge is 0.247 e. The lowest BCUT2D eigenvalue weighted by atomic mass is 10.1. The van der Waals surface area contributed by atoms with E-state index in [1.807, 2.05) is 6.92 Å². The van der Waals surface area contributed by atoms with Crippen molar-refractivity contribution in [1.29, 1.82) is 0 Å². The van der Waals surface area contributed by atoms with Crippen LogP contribution in [0.3, 0.4) is 0 Å². The highest BCUT2D eigenvalue weighted by atomic mass is 35.5. The van der Waals surface area contributed by atoms with Crippen LogP contribution in [0.4, 0.5) is 0 Å². The molecular formula is C16H16Cl2N2O2. The lowest BCUT2D eigenvalue weighted by Crippen LogP contribution is -2.47. The molecular weight excluding hydrogens is 323 g/mol. The Bertz CT molecular complexity index is 668. The Morgan fingerprint density at radius 1 is 1.36 bits per heavy atom. The summed E-state index contributed by atoms with van der Waals surface area (Å²) in [6, 6.07) is 4.87. The maximum Gasteiger partial charge on any atom is 0.247 e. The standard InChI is InChI=1S/C16H16Cl2N2O2/c1-9-6-14(21)20(12-4-5-12)15(9)16(22)19-8-10-2-3-11(17)7-13(10)18/h2-3,6-7,12,15H,4-5,8H2,1H3,(H,19,22). The van der Waals surface area contributed by atoms with Gasteiger partial charge >= 0.3 is 0 Å². The topological polar surface area (TPSA) is 49.4 Å². The molecule has 1 unspecified atom stereocenters. The van der Waals surface area contributed by atoms with Crippen molar-refractivity contribution in [1.82, 2.24) is 10.2 Å². The van der Waals surface area contributed by atoms with Crippen molar-refractivity contribution in [2.24, 2.45) is 0 Å². The lowest BCUT2D eigenvalue weighted by Gasteiger charge is -2.25. The average Bonchev–Trinajstić information content (AvgIpc) is 3.23. The lowest BCUT2D eigenvalue weighted by molar-refractivity contribution is -0.134. The van der Waals surface area contributed by atoms with E-state index in [1.54, 1.807) is 29.2 Å². The Morgan fingerprint density at radius 2 is 2.09 bits per heavy atom. The van der Waals surface area contributed by atoms with E-state index in [2.05, 4.69) is 5.32 Å². The van der Waals surface area contributed by atoms with E-state index >= 15 is 0 Å². The van der Waals surface area contributed by atoms with Gasteiger partial charge in [-0.15, -0.1) is 0 Å². The van der Waals surface area contributed by atoms with Crippen LogP contribution in [0.1, 0.15) is 25.3 Å². The first-order valence-corrected chi connectivity index (χ1v) is 7.95. The van der Waals surface area contributed by atoms with Gasteiger partial charge in [0.05, 0.1) is 0 Å². The number of hydrogen-bond donors (Lipinski definition) is 1. The first-order chi connectivity index (χ1) is 10.5. The fourth-order valence-electron chi connectivity index (χ4n) is 2.72. The van der Waals surface area contributed by atoms with Crippen LogP contribution in [-0.2, 0) is 16.1 Å². The van der Waals surface area contributed by atoms with E-state index in [0.717, 1.165) is 24.0 Å². The van der Waals surface area contributed by atoms with Crippen molar-refractivity contribution in [3.8, 4) is 0 Å². The summed E-state index contributed by atoms with van der Waals surface area (Å²) in [6.07, 6.45) is 3.50. The second-order valence-corrected chi connectivity index (χ2v) is 6.56. The molecule has 2 aliphatic rings. The Labute approximate surface area is 139 Å². The fourth-order valence-corrected chi connectivity index (χ4v) is 3.19. The SMILES string of the molecule is CC1=CC(=O)N(C2CC2)C1C(=O)NCc1ccc(Cl)cc1Cl. The molecule has 1 aliphatic carbocycles. The van der Waals surface area contributed by atoms with E-state index in [9.17, 15) is 9.59 Å². The van der Waals surface area contributed by atoms with Gasteiger partial charge < -0.3 is 10.2 Å². The van der Waals surface area contributed by atoms with Gasteiger partial charge in [-0.25, -0.2) is 0 Å². The predicted molar refractivity (Wildman–Crippen MR) is 85.7 cm³/mol. The summed E-state index contributed by atoms with van der Waals surface area (Å²) in [5.74, 6) is -0.234. The molecule has 2 amide bonds. The van der Waals surface area contributed by atoms with Crippen molar-refractivity contribution in [2.45, 2.75) is 38.4 Å². The summed E-state index contributed by atoms with van der Waals surface area (Å²) in [5, 5.41) is 3.93. The third-order valence-electron chi connectivity index (χ3n) is 3.97. The predicted octanol–water partition coefficient (Wildman–Crippen LogP) is 2.93. The van der Waals surface area contributed by atoms with Gasteiger partial charge in [-0.1, -0.05) is 29.3 Å². The van der Waals surface area contributed by atoms with Crippen LogP contribution >= 0.6 is 23.2 Å². The molecule has 0 radical (unpaired) electrons. The summed E-state index contributed by atoms with van der Waals surface area (Å²) >= 11 is 12.0. The number of carbonyl (C=O) groups excluding carboxylic acids is 2. The Balaban J connectivity index is 1.68. The quantitative estimate of drug-likeness (QED) is 0.917. The molecule has 0 aromatic heterocycles. The third-order valence-corrected chi connectivity index (χ3v) is 4.56. The Kier molecular flexibility index (Phi) is 4.15. The molecule has 3 rings (SSSR count). The summed E-state index contributed by atoms with van der Waals surface area (Å²) in [6.45, 7) is 2.13. The maximum absolute atomic E-state index is 12.5. The molecule has 1 heterocycles. The van der Waals surface area contributed by atoms with Gasteiger partial charge in [0.25, 0.3) is 0 Å². The highest BCUT2D eigenvalue weighted by Gasteiger charge is 2.44. The van der Waals surface area contributed by atoms with E-state index in [4.69, 9.17) is 23.2 Å². The minimum Gasteiger partial charge on any atom is -0.350 e. The van der Waals surface area contributed by atoms with Crippen LogP contribution in [0.15, 0.2) is 29.8 Å². The van der Waals surface area contributed by atoms with Crippen LogP contribution in [0.25, 0.3) is 0 Å². The largest absolute Gasteiger partial charge is 0.350 e. The second-order valence-electron chi connectivity index (χ2n) is 5.72. The zero-order chi connectivity index (χ0) is 15.9. The van der Waals surface area contributed by atoms with Crippen LogP contribution in [0.2, 0.25) is 10.0 Å². The highest BCUT2D eigenvalue weighted by Crippen LogP contribution is 2.34. The van der Waals surface area contributed by atoms with Crippen LogP contribution in [-0.4, -0.2) is 28.8 Å². The Hall–Kier alpha value is -1.52. The molecule has 0 saturated heterocycles. The number of carbonyl (C=O) groups is 2. The van der Waals surface area contributed by atoms with Crippen LogP contribution in [0.5, 0.6) is 0 Å². The summed E-state index contributed by atoms with van der Waals surface area (Å²) in [5.41, 5.74) is 1.58. The number of nitrogens with one attached hydrogen (secondary N) is 1. The van der Waals surface area contributed by atoms with Gasteiger partial charge in [0.15, 0.2) is 0 Å². The molecule has 4 nitrogen and oxygen atoms in total. The van der Waals surface area contributed by atoms with Gasteiger partial charge in [-0.05, 0) is 43.0 Å². The zero-order valence-electron chi connectivity index (χ0n) is 12.1. The number of hydrogen-bond acceptors (Lipinski definition) is 2. The second kappa shape index (κ2) is 5.94. The maximum atomic E-state index is 12.5. The van der Waals surface area contributed by atoms with E-state index in [-0.39, 0.29) is 17.9 Å². The number of nitrogens with zero attached hydrogens (tertiary/aromatic N) is 1. The molecule has 0 bridgehead atoms. The molecule has 22 heavy (non-hydrogen) atoms. The van der Waals surface area contributed by atoms with Crippen LogP contribution in [0, 0.1) is 0 Å². The fraction of sp³-hybridized carbons (Fsp3) is 0.375. The van der Waals surface area contributed by atoms with Gasteiger partial charge in [-0.3, -0.25) is 9.59 Å². The Morgan fingerprint density at radius 3 is 2.73 bits per heavy atom. The first-order valence-electron chi connectivity index (χ1n) is 7.19.